The maximum absolute atomic E-state index is 12.0. The van der Waals surface area contributed by atoms with Crippen molar-refractivity contribution >= 4 is 11.5 Å². The van der Waals surface area contributed by atoms with Gasteiger partial charge in [-0.3, -0.25) is 14.8 Å². The van der Waals surface area contributed by atoms with E-state index in [9.17, 15) is 4.79 Å². The van der Waals surface area contributed by atoms with Crippen LogP contribution in [0.15, 0.2) is 36.8 Å². The molecule has 0 spiro atoms. The summed E-state index contributed by atoms with van der Waals surface area (Å²) in [5.41, 5.74) is 7.89. The van der Waals surface area contributed by atoms with Gasteiger partial charge in [-0.25, -0.2) is 0 Å². The minimum atomic E-state index is -0.134. The van der Waals surface area contributed by atoms with Crippen LogP contribution in [0.2, 0.25) is 0 Å². The minimum absolute atomic E-state index is 0.134. The number of carbonyl (C=O) groups excluding carboxylic acids is 1. The van der Waals surface area contributed by atoms with Crippen LogP contribution >= 0.6 is 0 Å². The summed E-state index contributed by atoms with van der Waals surface area (Å²) in [5, 5.41) is 0. The summed E-state index contributed by atoms with van der Waals surface area (Å²) < 4.78 is 0. The van der Waals surface area contributed by atoms with Crippen molar-refractivity contribution in [2.45, 2.75) is 6.92 Å². The molecule has 0 aliphatic rings. The third-order valence-corrected chi connectivity index (χ3v) is 2.30. The Morgan fingerprint density at radius 1 is 1.25 bits per heavy atom. The molecule has 80 valence electrons. The summed E-state index contributed by atoms with van der Waals surface area (Å²) in [5.74, 6) is -0.134. The summed E-state index contributed by atoms with van der Waals surface area (Å²) in [7, 11) is 0. The first-order chi connectivity index (χ1) is 7.68. The Labute approximate surface area is 93.2 Å². The Morgan fingerprint density at radius 3 is 2.69 bits per heavy atom. The van der Waals surface area contributed by atoms with E-state index in [2.05, 4.69) is 9.97 Å². The zero-order valence-electron chi connectivity index (χ0n) is 8.84. The molecule has 0 aromatic carbocycles. The summed E-state index contributed by atoms with van der Waals surface area (Å²) in [4.78, 5) is 20.0. The lowest BCUT2D eigenvalue weighted by atomic mass is 10.1. The highest BCUT2D eigenvalue weighted by Crippen LogP contribution is 2.11. The summed E-state index contributed by atoms with van der Waals surface area (Å²) >= 11 is 0. The number of carbonyl (C=O) groups is 1. The highest BCUT2D eigenvalue weighted by molar-refractivity contribution is 6.08. The third-order valence-electron chi connectivity index (χ3n) is 2.30. The monoisotopic (exact) mass is 213 g/mol. The number of ketones is 1. The van der Waals surface area contributed by atoms with Crippen molar-refractivity contribution < 1.29 is 4.79 Å². The molecule has 4 heteroatoms. The van der Waals surface area contributed by atoms with Crippen LogP contribution in [0, 0.1) is 6.92 Å². The Kier molecular flexibility index (Phi) is 2.64. The molecule has 0 bridgehead atoms. The van der Waals surface area contributed by atoms with E-state index in [1.54, 1.807) is 30.6 Å². The average Bonchev–Trinajstić information content (AvgIpc) is 2.30. The number of rotatable bonds is 2. The van der Waals surface area contributed by atoms with Crippen molar-refractivity contribution in [1.82, 2.24) is 9.97 Å². The van der Waals surface area contributed by atoms with Gasteiger partial charge in [0.25, 0.3) is 0 Å². The van der Waals surface area contributed by atoms with E-state index in [0.29, 0.717) is 16.9 Å². The molecule has 2 rings (SSSR count). The SMILES string of the molecule is Cc1ccncc1C(=O)c1ccc(N)cn1. The molecule has 16 heavy (non-hydrogen) atoms. The van der Waals surface area contributed by atoms with Gasteiger partial charge in [0.05, 0.1) is 11.9 Å². The van der Waals surface area contributed by atoms with Gasteiger partial charge in [0.1, 0.15) is 5.69 Å². The molecule has 4 nitrogen and oxygen atoms in total. The van der Waals surface area contributed by atoms with Gasteiger partial charge < -0.3 is 5.73 Å². The first-order valence-electron chi connectivity index (χ1n) is 4.85. The second-order valence-electron chi connectivity index (χ2n) is 3.50. The van der Waals surface area contributed by atoms with Crippen LogP contribution in [-0.4, -0.2) is 15.8 Å². The van der Waals surface area contributed by atoms with Crippen LogP contribution in [0.1, 0.15) is 21.6 Å². The van der Waals surface area contributed by atoms with E-state index in [1.807, 2.05) is 6.92 Å². The first kappa shape index (κ1) is 10.3. The fourth-order valence-corrected chi connectivity index (χ4v) is 1.38. The van der Waals surface area contributed by atoms with E-state index in [4.69, 9.17) is 5.73 Å². The molecule has 0 amide bonds. The molecule has 0 saturated heterocycles. The lowest BCUT2D eigenvalue weighted by Crippen LogP contribution is -2.06. The van der Waals surface area contributed by atoms with Crippen LogP contribution in [0.5, 0.6) is 0 Å². The van der Waals surface area contributed by atoms with Crippen LogP contribution < -0.4 is 5.73 Å². The van der Waals surface area contributed by atoms with E-state index in [0.717, 1.165) is 5.56 Å². The average molecular weight is 213 g/mol. The van der Waals surface area contributed by atoms with Gasteiger partial charge in [0.2, 0.25) is 5.78 Å². The highest BCUT2D eigenvalue weighted by Gasteiger charge is 2.12. The zero-order chi connectivity index (χ0) is 11.5. The number of aryl methyl sites for hydroxylation is 1. The molecule has 0 atom stereocenters. The van der Waals surface area contributed by atoms with Gasteiger partial charge in [0.15, 0.2) is 0 Å². The van der Waals surface area contributed by atoms with Crippen LogP contribution in [-0.2, 0) is 0 Å². The van der Waals surface area contributed by atoms with Crippen molar-refractivity contribution in [2.75, 3.05) is 5.73 Å². The number of nitrogens with zero attached hydrogens (tertiary/aromatic N) is 2. The van der Waals surface area contributed by atoms with Crippen molar-refractivity contribution in [3.63, 3.8) is 0 Å². The number of anilines is 1. The van der Waals surface area contributed by atoms with Gasteiger partial charge in [0, 0.05) is 18.0 Å². The smallest absolute Gasteiger partial charge is 0.213 e. The lowest BCUT2D eigenvalue weighted by molar-refractivity contribution is 0.103. The number of aromatic nitrogens is 2. The van der Waals surface area contributed by atoms with Crippen molar-refractivity contribution in [3.05, 3.63) is 53.6 Å². The molecule has 2 heterocycles. The molecule has 0 aliphatic heterocycles. The second-order valence-corrected chi connectivity index (χ2v) is 3.50. The summed E-state index contributed by atoms with van der Waals surface area (Å²) in [6, 6.07) is 5.07. The lowest BCUT2D eigenvalue weighted by Gasteiger charge is -2.03. The Bertz CT molecular complexity index is 520. The molecular weight excluding hydrogens is 202 g/mol. The molecule has 0 aliphatic carbocycles. The molecular formula is C12H11N3O. The standard InChI is InChI=1S/C12H11N3O/c1-8-4-5-14-7-10(8)12(16)11-3-2-9(13)6-15-11/h2-7H,13H2,1H3. The number of nitrogens with two attached hydrogens (primary N) is 1. The molecule has 0 fully saturated rings. The number of hydrogen-bond acceptors (Lipinski definition) is 4. The third kappa shape index (κ3) is 1.91. The quantitative estimate of drug-likeness (QED) is 0.769. The predicted octanol–water partition coefficient (Wildman–Crippen LogP) is 1.60. The number of hydrogen-bond donors (Lipinski definition) is 1. The van der Waals surface area contributed by atoms with Gasteiger partial charge in [-0.15, -0.1) is 0 Å². The largest absolute Gasteiger partial charge is 0.397 e. The van der Waals surface area contributed by atoms with E-state index >= 15 is 0 Å². The zero-order valence-corrected chi connectivity index (χ0v) is 8.84. The van der Waals surface area contributed by atoms with Crippen molar-refractivity contribution in [3.8, 4) is 0 Å². The predicted molar refractivity (Wildman–Crippen MR) is 61.1 cm³/mol. The van der Waals surface area contributed by atoms with Crippen molar-refractivity contribution in [2.24, 2.45) is 0 Å². The van der Waals surface area contributed by atoms with Gasteiger partial charge in [-0.1, -0.05) is 0 Å². The molecule has 0 radical (unpaired) electrons. The van der Waals surface area contributed by atoms with Gasteiger partial charge in [-0.05, 0) is 30.7 Å². The first-order valence-corrected chi connectivity index (χ1v) is 4.85. The van der Waals surface area contributed by atoms with E-state index in [-0.39, 0.29) is 5.78 Å². The van der Waals surface area contributed by atoms with E-state index in [1.165, 1.54) is 6.20 Å². The molecule has 0 unspecified atom stereocenters. The number of pyridine rings is 2. The Balaban J connectivity index is 2.40. The fraction of sp³-hybridized carbons (Fsp3) is 0.0833. The van der Waals surface area contributed by atoms with Crippen LogP contribution in [0.3, 0.4) is 0 Å². The van der Waals surface area contributed by atoms with Crippen molar-refractivity contribution in [1.29, 1.82) is 0 Å². The molecule has 2 N–H and O–H groups in total. The van der Waals surface area contributed by atoms with E-state index < -0.39 is 0 Å². The molecule has 0 saturated carbocycles. The molecule has 2 aromatic heterocycles. The van der Waals surface area contributed by atoms with Gasteiger partial charge >= 0.3 is 0 Å². The highest BCUT2D eigenvalue weighted by atomic mass is 16.1. The number of nitrogen functional groups attached to an aromatic ring is 1. The topological polar surface area (TPSA) is 68.9 Å². The molecule has 2 aromatic rings. The Hall–Kier alpha value is -2.23. The normalized spacial score (nSPS) is 10.1. The fourth-order valence-electron chi connectivity index (χ4n) is 1.38. The Morgan fingerprint density at radius 2 is 2.06 bits per heavy atom. The second kappa shape index (κ2) is 4.10. The van der Waals surface area contributed by atoms with Crippen LogP contribution in [0.25, 0.3) is 0 Å². The summed E-state index contributed by atoms with van der Waals surface area (Å²) in [6.45, 7) is 1.87. The van der Waals surface area contributed by atoms with Crippen LogP contribution in [0.4, 0.5) is 5.69 Å². The maximum atomic E-state index is 12.0. The van der Waals surface area contributed by atoms with Gasteiger partial charge in [-0.2, -0.15) is 0 Å². The minimum Gasteiger partial charge on any atom is -0.397 e. The summed E-state index contributed by atoms with van der Waals surface area (Å²) in [6.07, 6.45) is 4.68. The maximum Gasteiger partial charge on any atom is 0.213 e.